The van der Waals surface area contributed by atoms with Crippen molar-refractivity contribution in [3.63, 3.8) is 0 Å². The first kappa shape index (κ1) is 3.83. The van der Waals surface area contributed by atoms with Crippen molar-refractivity contribution in [2.24, 2.45) is 0 Å². The summed E-state index contributed by atoms with van der Waals surface area (Å²) in [6, 6.07) is 0. The standard InChI is InChI=1S/C2H5N3S/c6-2-3-1-4-5-2/h4H,1H2,(H2,3,5,6). The van der Waals surface area contributed by atoms with Crippen LogP contribution in [0.4, 0.5) is 0 Å². The maximum atomic E-state index is 4.63. The largest absolute Gasteiger partial charge is 0.347 e. The van der Waals surface area contributed by atoms with E-state index in [2.05, 4.69) is 28.4 Å². The van der Waals surface area contributed by atoms with Gasteiger partial charge in [0, 0.05) is 0 Å². The molecule has 0 spiro atoms. The molecular weight excluding hydrogens is 98.1 g/mol. The summed E-state index contributed by atoms with van der Waals surface area (Å²) >= 11 is 4.63. The van der Waals surface area contributed by atoms with Crippen LogP contribution in [0.5, 0.6) is 0 Å². The Hall–Kier alpha value is -0.350. The minimum atomic E-state index is 0.676. The van der Waals surface area contributed by atoms with E-state index in [1.54, 1.807) is 0 Å². The fraction of sp³-hybridized carbons (Fsp3) is 0.500. The Kier molecular flexibility index (Phi) is 0.894. The average molecular weight is 103 g/mol. The molecule has 0 saturated carbocycles. The Morgan fingerprint density at radius 3 is 2.67 bits per heavy atom. The highest BCUT2D eigenvalue weighted by molar-refractivity contribution is 7.80. The number of hydrazine groups is 1. The van der Waals surface area contributed by atoms with Crippen molar-refractivity contribution in [1.29, 1.82) is 0 Å². The lowest BCUT2D eigenvalue weighted by Gasteiger charge is -1.84. The van der Waals surface area contributed by atoms with E-state index >= 15 is 0 Å². The van der Waals surface area contributed by atoms with Gasteiger partial charge in [0.1, 0.15) is 0 Å². The summed E-state index contributed by atoms with van der Waals surface area (Å²) in [6.45, 7) is 0.735. The highest BCUT2D eigenvalue weighted by Crippen LogP contribution is 1.64. The molecule has 0 bridgehead atoms. The molecule has 0 aromatic rings. The van der Waals surface area contributed by atoms with Crippen LogP contribution < -0.4 is 16.2 Å². The third-order valence-electron chi connectivity index (χ3n) is 0.539. The number of hydrogen-bond acceptors (Lipinski definition) is 2. The molecule has 6 heavy (non-hydrogen) atoms. The highest BCUT2D eigenvalue weighted by atomic mass is 32.1. The zero-order chi connectivity index (χ0) is 4.41. The van der Waals surface area contributed by atoms with Crippen molar-refractivity contribution in [2.75, 3.05) is 6.67 Å². The molecule has 4 heteroatoms. The van der Waals surface area contributed by atoms with Crippen LogP contribution in [0.2, 0.25) is 0 Å². The Morgan fingerprint density at radius 1 is 1.67 bits per heavy atom. The van der Waals surface area contributed by atoms with Gasteiger partial charge in [-0.2, -0.15) is 0 Å². The summed E-state index contributed by atoms with van der Waals surface area (Å²) in [6.07, 6.45) is 0. The minimum absolute atomic E-state index is 0.676. The van der Waals surface area contributed by atoms with E-state index in [-0.39, 0.29) is 0 Å². The molecule has 34 valence electrons. The van der Waals surface area contributed by atoms with Gasteiger partial charge in [-0.25, -0.2) is 5.43 Å². The summed E-state index contributed by atoms with van der Waals surface area (Å²) in [4.78, 5) is 0. The van der Waals surface area contributed by atoms with Crippen molar-refractivity contribution in [1.82, 2.24) is 16.2 Å². The van der Waals surface area contributed by atoms with Gasteiger partial charge in [-0.05, 0) is 12.2 Å². The molecular formula is C2H5N3S. The summed E-state index contributed by atoms with van der Waals surface area (Å²) in [5.41, 5.74) is 5.46. The summed E-state index contributed by atoms with van der Waals surface area (Å²) < 4.78 is 0. The van der Waals surface area contributed by atoms with E-state index in [1.807, 2.05) is 0 Å². The average Bonchev–Trinajstić information content (AvgIpc) is 1.86. The first-order chi connectivity index (χ1) is 2.89. The highest BCUT2D eigenvalue weighted by Gasteiger charge is 1.97. The second-order valence-electron chi connectivity index (χ2n) is 0.984. The molecule has 1 heterocycles. The van der Waals surface area contributed by atoms with Crippen LogP contribution >= 0.6 is 12.2 Å². The molecule has 1 aliphatic rings. The molecule has 1 saturated heterocycles. The second-order valence-corrected chi connectivity index (χ2v) is 1.39. The van der Waals surface area contributed by atoms with E-state index in [0.717, 1.165) is 6.67 Å². The lowest BCUT2D eigenvalue weighted by Crippen LogP contribution is -2.25. The van der Waals surface area contributed by atoms with Gasteiger partial charge in [0.15, 0.2) is 5.11 Å². The maximum Gasteiger partial charge on any atom is 0.181 e. The SMILES string of the molecule is S=C1NCNN1. The normalized spacial score (nSPS) is 19.7. The van der Waals surface area contributed by atoms with Gasteiger partial charge in [0.25, 0.3) is 0 Å². The zero-order valence-electron chi connectivity index (χ0n) is 3.12. The molecule has 3 nitrogen and oxygen atoms in total. The van der Waals surface area contributed by atoms with E-state index in [0.29, 0.717) is 5.11 Å². The zero-order valence-corrected chi connectivity index (χ0v) is 3.93. The van der Waals surface area contributed by atoms with Crippen LogP contribution in [-0.2, 0) is 0 Å². The van der Waals surface area contributed by atoms with Gasteiger partial charge in [0.2, 0.25) is 0 Å². The minimum Gasteiger partial charge on any atom is -0.347 e. The van der Waals surface area contributed by atoms with Crippen molar-refractivity contribution >= 4 is 17.3 Å². The predicted molar refractivity (Wildman–Crippen MR) is 26.9 cm³/mol. The van der Waals surface area contributed by atoms with Gasteiger partial charge in [-0.3, -0.25) is 5.43 Å². The molecule has 0 aliphatic carbocycles. The van der Waals surface area contributed by atoms with Crippen molar-refractivity contribution in [3.05, 3.63) is 0 Å². The molecule has 0 amide bonds. The molecule has 1 fully saturated rings. The third-order valence-corrected chi connectivity index (χ3v) is 0.786. The molecule has 3 N–H and O–H groups in total. The Morgan fingerprint density at radius 2 is 2.50 bits per heavy atom. The number of nitrogens with one attached hydrogen (secondary N) is 3. The van der Waals surface area contributed by atoms with Gasteiger partial charge in [0.05, 0.1) is 6.67 Å². The van der Waals surface area contributed by atoms with Crippen molar-refractivity contribution < 1.29 is 0 Å². The van der Waals surface area contributed by atoms with E-state index in [1.165, 1.54) is 0 Å². The Labute approximate surface area is 41.1 Å². The van der Waals surface area contributed by atoms with Gasteiger partial charge >= 0.3 is 0 Å². The lowest BCUT2D eigenvalue weighted by atomic mass is 11.1. The second kappa shape index (κ2) is 1.40. The van der Waals surface area contributed by atoms with Crippen LogP contribution in [0.3, 0.4) is 0 Å². The van der Waals surface area contributed by atoms with Gasteiger partial charge in [-0.1, -0.05) is 0 Å². The third kappa shape index (κ3) is 0.580. The van der Waals surface area contributed by atoms with Crippen molar-refractivity contribution in [2.45, 2.75) is 0 Å². The fourth-order valence-corrected chi connectivity index (χ4v) is 0.437. The number of hydrogen-bond donors (Lipinski definition) is 3. The van der Waals surface area contributed by atoms with Crippen LogP contribution in [0, 0.1) is 0 Å². The Balaban J connectivity index is 2.37. The quantitative estimate of drug-likeness (QED) is 0.341. The number of rotatable bonds is 0. The van der Waals surface area contributed by atoms with Crippen LogP contribution in [0.15, 0.2) is 0 Å². The van der Waals surface area contributed by atoms with Crippen LogP contribution in [-0.4, -0.2) is 11.8 Å². The topological polar surface area (TPSA) is 36.1 Å². The Bertz CT molecular complexity index is 63.2. The lowest BCUT2D eigenvalue weighted by molar-refractivity contribution is 0.724. The summed E-state index contributed by atoms with van der Waals surface area (Å²) in [5.74, 6) is 0. The monoisotopic (exact) mass is 103 g/mol. The first-order valence-electron chi connectivity index (χ1n) is 1.66. The van der Waals surface area contributed by atoms with Crippen LogP contribution in [0.1, 0.15) is 0 Å². The van der Waals surface area contributed by atoms with Crippen LogP contribution in [0.25, 0.3) is 0 Å². The first-order valence-corrected chi connectivity index (χ1v) is 2.07. The van der Waals surface area contributed by atoms with E-state index < -0.39 is 0 Å². The molecule has 0 atom stereocenters. The summed E-state index contributed by atoms with van der Waals surface area (Å²) in [7, 11) is 0. The van der Waals surface area contributed by atoms with Gasteiger partial charge in [-0.15, -0.1) is 0 Å². The van der Waals surface area contributed by atoms with Gasteiger partial charge < -0.3 is 5.32 Å². The molecule has 0 aromatic carbocycles. The molecule has 0 aromatic heterocycles. The molecule has 0 unspecified atom stereocenters. The maximum absolute atomic E-state index is 4.63. The fourth-order valence-electron chi connectivity index (χ4n) is 0.293. The molecule has 0 radical (unpaired) electrons. The summed E-state index contributed by atoms with van der Waals surface area (Å²) in [5, 5.41) is 3.50. The smallest absolute Gasteiger partial charge is 0.181 e. The number of thiocarbonyl (C=S) groups is 1. The molecule has 1 aliphatic heterocycles. The van der Waals surface area contributed by atoms with Crippen molar-refractivity contribution in [3.8, 4) is 0 Å². The van der Waals surface area contributed by atoms with E-state index in [9.17, 15) is 0 Å². The van der Waals surface area contributed by atoms with E-state index in [4.69, 9.17) is 0 Å². The predicted octanol–water partition coefficient (Wildman–Crippen LogP) is -1.07. The molecule has 1 rings (SSSR count).